The fraction of sp³-hybridized carbons (Fsp3) is 0.200. The third kappa shape index (κ3) is 5.23. The summed E-state index contributed by atoms with van der Waals surface area (Å²) in [5.41, 5.74) is 3.15. The summed E-state index contributed by atoms with van der Waals surface area (Å²) in [6.45, 7) is 0.128. The van der Waals surface area contributed by atoms with Gasteiger partial charge in [-0.25, -0.2) is 4.98 Å². The van der Waals surface area contributed by atoms with Crippen LogP contribution in [-0.4, -0.2) is 31.3 Å². The van der Waals surface area contributed by atoms with E-state index in [0.717, 1.165) is 26.5 Å². The first-order valence-corrected chi connectivity index (χ1v) is 11.1. The van der Waals surface area contributed by atoms with Crippen molar-refractivity contribution in [3.8, 4) is 22.1 Å². The van der Waals surface area contributed by atoms with Gasteiger partial charge in [-0.1, -0.05) is 0 Å². The minimum atomic E-state index is -0.334. The van der Waals surface area contributed by atoms with Gasteiger partial charge in [-0.15, -0.1) is 11.3 Å². The van der Waals surface area contributed by atoms with Crippen LogP contribution in [0, 0.1) is 0 Å². The van der Waals surface area contributed by atoms with Crippen molar-refractivity contribution in [2.24, 2.45) is 0 Å². The average molecular weight is 451 g/mol. The number of methoxy groups -OCH3 is 1. The quantitative estimate of drug-likeness (QED) is 0.302. The van der Waals surface area contributed by atoms with E-state index >= 15 is 0 Å². The summed E-state index contributed by atoms with van der Waals surface area (Å²) in [5, 5.41) is 3.81. The first-order valence-electron chi connectivity index (χ1n) is 10.3. The summed E-state index contributed by atoms with van der Waals surface area (Å²) in [6.07, 6.45) is 1.16. The highest BCUT2D eigenvalue weighted by Gasteiger charge is 2.10. The Morgan fingerprint density at radius 3 is 2.47 bits per heavy atom. The Kier molecular flexibility index (Phi) is 6.97. The highest BCUT2D eigenvalue weighted by Crippen LogP contribution is 2.32. The lowest BCUT2D eigenvalue weighted by atomic mass is 10.2. The molecule has 0 bridgehead atoms. The van der Waals surface area contributed by atoms with Gasteiger partial charge in [-0.05, 0) is 79.6 Å². The van der Waals surface area contributed by atoms with Crippen LogP contribution in [0.3, 0.4) is 0 Å². The standard InChI is InChI=1S/C25H23FN2O3S/c1-30-21-12-13-22-23(16-21)32-25(28-22)18-4-8-19(9-5-18)27-24(29)17-6-10-20(11-7-17)31-15-3-2-14-26/h4-13,16H,2-3,14-15H2,1H3,(H,27,29). The van der Waals surface area contributed by atoms with Crippen molar-refractivity contribution in [3.05, 3.63) is 72.3 Å². The largest absolute Gasteiger partial charge is 0.497 e. The zero-order chi connectivity index (χ0) is 22.3. The summed E-state index contributed by atoms with van der Waals surface area (Å²) in [6, 6.07) is 20.4. The molecule has 0 aliphatic rings. The predicted molar refractivity (Wildman–Crippen MR) is 127 cm³/mol. The van der Waals surface area contributed by atoms with Gasteiger partial charge >= 0.3 is 0 Å². The van der Waals surface area contributed by atoms with Crippen LogP contribution in [-0.2, 0) is 0 Å². The Balaban J connectivity index is 1.38. The minimum Gasteiger partial charge on any atom is -0.497 e. The number of aromatic nitrogens is 1. The molecular formula is C25H23FN2O3S. The lowest BCUT2D eigenvalue weighted by molar-refractivity contribution is 0.102. The fourth-order valence-corrected chi connectivity index (χ4v) is 4.14. The molecule has 0 aliphatic heterocycles. The Hall–Kier alpha value is -3.45. The number of anilines is 1. The van der Waals surface area contributed by atoms with Crippen LogP contribution in [0.1, 0.15) is 23.2 Å². The van der Waals surface area contributed by atoms with Gasteiger partial charge in [0.05, 0.1) is 30.6 Å². The van der Waals surface area contributed by atoms with E-state index in [9.17, 15) is 9.18 Å². The average Bonchev–Trinajstić information content (AvgIpc) is 3.26. The third-order valence-corrected chi connectivity index (χ3v) is 5.97. The van der Waals surface area contributed by atoms with Gasteiger partial charge in [0.15, 0.2) is 0 Å². The van der Waals surface area contributed by atoms with E-state index in [-0.39, 0.29) is 12.6 Å². The normalized spacial score (nSPS) is 10.8. The molecule has 0 saturated carbocycles. The Bertz CT molecular complexity index is 1190. The molecule has 0 unspecified atom stereocenters. The summed E-state index contributed by atoms with van der Waals surface area (Å²) >= 11 is 1.60. The van der Waals surface area contributed by atoms with Gasteiger partial charge in [0, 0.05) is 16.8 Å². The van der Waals surface area contributed by atoms with E-state index in [2.05, 4.69) is 10.3 Å². The minimum absolute atomic E-state index is 0.200. The number of carbonyl (C=O) groups excluding carboxylic acids is 1. The van der Waals surface area contributed by atoms with Crippen molar-refractivity contribution in [3.63, 3.8) is 0 Å². The van der Waals surface area contributed by atoms with E-state index in [1.54, 1.807) is 42.7 Å². The van der Waals surface area contributed by atoms with Crippen molar-refractivity contribution in [2.45, 2.75) is 12.8 Å². The molecule has 0 saturated heterocycles. The number of alkyl halides is 1. The lowest BCUT2D eigenvalue weighted by Crippen LogP contribution is -2.11. The highest BCUT2D eigenvalue weighted by molar-refractivity contribution is 7.21. The summed E-state index contributed by atoms with van der Waals surface area (Å²) in [4.78, 5) is 17.2. The van der Waals surface area contributed by atoms with Crippen molar-refractivity contribution < 1.29 is 18.7 Å². The molecule has 5 nitrogen and oxygen atoms in total. The fourth-order valence-electron chi connectivity index (χ4n) is 3.14. The van der Waals surface area contributed by atoms with Crippen LogP contribution in [0.2, 0.25) is 0 Å². The molecule has 0 aliphatic carbocycles. The smallest absolute Gasteiger partial charge is 0.255 e. The second-order valence-electron chi connectivity index (χ2n) is 7.15. The third-order valence-electron chi connectivity index (χ3n) is 4.90. The maximum absolute atomic E-state index is 12.5. The number of unbranched alkanes of at least 4 members (excludes halogenated alkanes) is 1. The molecule has 0 radical (unpaired) electrons. The number of thiazole rings is 1. The van der Waals surface area contributed by atoms with E-state index in [1.807, 2.05) is 42.5 Å². The molecule has 4 rings (SSSR count). The molecular weight excluding hydrogens is 427 g/mol. The number of ether oxygens (including phenoxy) is 2. The SMILES string of the molecule is COc1ccc2nc(-c3ccc(NC(=O)c4ccc(OCCCCF)cc4)cc3)sc2c1. The highest BCUT2D eigenvalue weighted by atomic mass is 32.1. The maximum atomic E-state index is 12.5. The van der Waals surface area contributed by atoms with Crippen LogP contribution in [0.15, 0.2) is 66.7 Å². The molecule has 0 atom stereocenters. The Labute approximate surface area is 189 Å². The second kappa shape index (κ2) is 10.2. The number of rotatable bonds is 9. The number of hydrogen-bond donors (Lipinski definition) is 1. The van der Waals surface area contributed by atoms with Crippen LogP contribution < -0.4 is 14.8 Å². The van der Waals surface area contributed by atoms with Crippen molar-refractivity contribution in [1.29, 1.82) is 0 Å². The molecule has 164 valence electrons. The first-order chi connectivity index (χ1) is 15.7. The van der Waals surface area contributed by atoms with Crippen LogP contribution in [0.4, 0.5) is 10.1 Å². The number of benzene rings is 3. The van der Waals surface area contributed by atoms with Crippen LogP contribution >= 0.6 is 11.3 Å². The Morgan fingerprint density at radius 1 is 1.00 bits per heavy atom. The maximum Gasteiger partial charge on any atom is 0.255 e. The molecule has 3 aromatic carbocycles. The molecule has 0 spiro atoms. The van der Waals surface area contributed by atoms with Crippen molar-refractivity contribution in [1.82, 2.24) is 4.98 Å². The Morgan fingerprint density at radius 2 is 1.75 bits per heavy atom. The zero-order valence-corrected chi connectivity index (χ0v) is 18.5. The molecule has 0 fully saturated rings. The van der Waals surface area contributed by atoms with E-state index < -0.39 is 0 Å². The topological polar surface area (TPSA) is 60.5 Å². The molecule has 4 aromatic rings. The van der Waals surface area contributed by atoms with E-state index in [0.29, 0.717) is 36.4 Å². The van der Waals surface area contributed by atoms with Crippen molar-refractivity contribution >= 4 is 33.1 Å². The summed E-state index contributed by atoms with van der Waals surface area (Å²) in [5.74, 6) is 1.27. The van der Waals surface area contributed by atoms with Gasteiger partial charge in [0.2, 0.25) is 0 Å². The molecule has 32 heavy (non-hydrogen) atoms. The zero-order valence-electron chi connectivity index (χ0n) is 17.6. The second-order valence-corrected chi connectivity index (χ2v) is 8.18. The van der Waals surface area contributed by atoms with E-state index in [1.165, 1.54) is 0 Å². The number of nitrogens with one attached hydrogen (secondary N) is 1. The number of amides is 1. The predicted octanol–water partition coefficient (Wildman–Crippen LogP) is 6.35. The summed E-state index contributed by atoms with van der Waals surface area (Å²) in [7, 11) is 1.65. The van der Waals surface area contributed by atoms with Crippen LogP contribution in [0.5, 0.6) is 11.5 Å². The molecule has 1 aromatic heterocycles. The summed E-state index contributed by atoms with van der Waals surface area (Å²) < 4.78 is 24.0. The molecule has 1 heterocycles. The van der Waals surface area contributed by atoms with Gasteiger partial charge in [0.1, 0.15) is 16.5 Å². The van der Waals surface area contributed by atoms with Gasteiger partial charge < -0.3 is 14.8 Å². The lowest BCUT2D eigenvalue weighted by Gasteiger charge is -2.08. The van der Waals surface area contributed by atoms with Gasteiger partial charge in [0.25, 0.3) is 5.91 Å². The number of halogens is 1. The monoisotopic (exact) mass is 450 g/mol. The van der Waals surface area contributed by atoms with Gasteiger partial charge in [-0.2, -0.15) is 0 Å². The van der Waals surface area contributed by atoms with Crippen molar-refractivity contribution in [2.75, 3.05) is 25.7 Å². The molecule has 1 N–H and O–H groups in total. The number of hydrogen-bond acceptors (Lipinski definition) is 5. The number of fused-ring (bicyclic) bond motifs is 1. The van der Waals surface area contributed by atoms with Crippen LogP contribution in [0.25, 0.3) is 20.8 Å². The molecule has 7 heteroatoms. The number of nitrogens with zero attached hydrogens (tertiary/aromatic N) is 1. The van der Waals surface area contributed by atoms with E-state index in [4.69, 9.17) is 9.47 Å². The molecule has 1 amide bonds. The van der Waals surface area contributed by atoms with Gasteiger partial charge in [-0.3, -0.25) is 9.18 Å². The number of carbonyl (C=O) groups is 1. The first kappa shape index (κ1) is 21.8.